The summed E-state index contributed by atoms with van der Waals surface area (Å²) in [5, 5.41) is 18.4. The van der Waals surface area contributed by atoms with E-state index in [4.69, 9.17) is 5.11 Å². The summed E-state index contributed by atoms with van der Waals surface area (Å²) >= 11 is 0. The van der Waals surface area contributed by atoms with E-state index < -0.39 is 28.1 Å². The Morgan fingerprint density at radius 1 is 1.14 bits per heavy atom. The van der Waals surface area contributed by atoms with Crippen LogP contribution in [0.1, 0.15) is 29.2 Å². The molecule has 2 atom stereocenters. The first-order chi connectivity index (χ1) is 9.49. The number of hydrogen-bond acceptors (Lipinski definition) is 4. The third-order valence-corrected chi connectivity index (χ3v) is 5.31. The highest BCUT2D eigenvalue weighted by atomic mass is 32.2. The summed E-state index contributed by atoms with van der Waals surface area (Å²) in [5.74, 6) is -1.42. The Labute approximate surface area is 124 Å². The van der Waals surface area contributed by atoms with Gasteiger partial charge in [0, 0.05) is 0 Å². The smallest absolute Gasteiger partial charge is 0.324 e. The zero-order chi connectivity index (χ0) is 16.5. The first-order valence-corrected chi connectivity index (χ1v) is 7.98. The van der Waals surface area contributed by atoms with Gasteiger partial charge in [0.15, 0.2) is 0 Å². The third kappa shape index (κ3) is 3.61. The van der Waals surface area contributed by atoms with Crippen LogP contribution >= 0.6 is 0 Å². The molecule has 1 aromatic rings. The number of carboxylic acid groups (broad SMARTS) is 1. The van der Waals surface area contributed by atoms with Crippen molar-refractivity contribution in [2.75, 3.05) is 0 Å². The number of aliphatic hydroxyl groups excluding tert-OH is 1. The summed E-state index contributed by atoms with van der Waals surface area (Å²) in [7, 11) is -4.05. The van der Waals surface area contributed by atoms with Crippen LogP contribution in [0, 0.1) is 27.7 Å². The molecule has 0 aliphatic heterocycles. The minimum atomic E-state index is -4.05. The predicted octanol–water partition coefficient (Wildman–Crippen LogP) is 1.03. The first kappa shape index (κ1) is 17.6. The monoisotopic (exact) mass is 315 g/mol. The number of benzene rings is 1. The number of rotatable bonds is 5. The summed E-state index contributed by atoms with van der Waals surface area (Å²) in [6.07, 6.45) is -1.34. The normalized spacial score (nSPS) is 14.8. The van der Waals surface area contributed by atoms with Crippen molar-refractivity contribution in [3.05, 3.63) is 28.3 Å². The van der Waals surface area contributed by atoms with Crippen molar-refractivity contribution < 1.29 is 23.4 Å². The molecule has 1 rings (SSSR count). The van der Waals surface area contributed by atoms with Crippen molar-refractivity contribution in [1.82, 2.24) is 4.72 Å². The molecule has 0 aromatic heterocycles. The molecule has 7 heteroatoms. The Kier molecular flexibility index (Phi) is 5.14. The number of hydrogen-bond donors (Lipinski definition) is 3. The molecule has 0 unspecified atom stereocenters. The molecule has 0 radical (unpaired) electrons. The van der Waals surface area contributed by atoms with Gasteiger partial charge in [0.1, 0.15) is 6.04 Å². The molecular formula is C14H21NO5S. The molecule has 118 valence electrons. The van der Waals surface area contributed by atoms with Crippen molar-refractivity contribution in [3.63, 3.8) is 0 Å². The van der Waals surface area contributed by atoms with Gasteiger partial charge in [-0.25, -0.2) is 8.42 Å². The lowest BCUT2D eigenvalue weighted by Gasteiger charge is -2.20. The van der Waals surface area contributed by atoms with Gasteiger partial charge < -0.3 is 10.2 Å². The number of nitrogens with one attached hydrogen (secondary N) is 1. The van der Waals surface area contributed by atoms with Gasteiger partial charge in [-0.1, -0.05) is 6.07 Å². The molecule has 0 saturated carbocycles. The average molecular weight is 315 g/mol. The van der Waals surface area contributed by atoms with Gasteiger partial charge in [-0.2, -0.15) is 4.72 Å². The van der Waals surface area contributed by atoms with Gasteiger partial charge >= 0.3 is 5.97 Å². The number of aliphatic hydroxyl groups is 1. The standard InChI is InChI=1S/C14H21NO5S/c1-7-6-8(2)10(4)13(9(7)3)21(19,20)15-12(11(5)16)14(17)18/h6,11-12,15-16H,1-5H3,(H,17,18)/t11-,12-/m0/s1. The molecular weight excluding hydrogens is 294 g/mol. The van der Waals surface area contributed by atoms with Crippen molar-refractivity contribution in [3.8, 4) is 0 Å². The summed E-state index contributed by atoms with van der Waals surface area (Å²) in [6, 6.07) is 0.294. The molecule has 0 saturated heterocycles. The number of aryl methyl sites for hydroxylation is 2. The summed E-state index contributed by atoms with van der Waals surface area (Å²) in [6.45, 7) is 8.17. The Morgan fingerprint density at radius 3 is 1.90 bits per heavy atom. The maximum Gasteiger partial charge on any atom is 0.324 e. The van der Waals surface area contributed by atoms with Crippen molar-refractivity contribution in [1.29, 1.82) is 0 Å². The van der Waals surface area contributed by atoms with E-state index in [1.54, 1.807) is 27.7 Å². The lowest BCUT2D eigenvalue weighted by atomic mass is 10.0. The molecule has 0 aliphatic carbocycles. The van der Waals surface area contributed by atoms with Gasteiger partial charge in [-0.3, -0.25) is 4.79 Å². The first-order valence-electron chi connectivity index (χ1n) is 6.49. The van der Waals surface area contributed by atoms with Crippen LogP contribution in [0.25, 0.3) is 0 Å². The fourth-order valence-electron chi connectivity index (χ4n) is 2.17. The minimum Gasteiger partial charge on any atom is -0.480 e. The van der Waals surface area contributed by atoms with E-state index >= 15 is 0 Å². The van der Waals surface area contributed by atoms with Crippen LogP contribution in [-0.4, -0.2) is 36.7 Å². The Hall–Kier alpha value is -1.44. The number of aliphatic carboxylic acids is 1. The molecule has 0 spiro atoms. The van der Waals surface area contributed by atoms with E-state index in [1.165, 1.54) is 6.92 Å². The average Bonchev–Trinajstić information content (AvgIpc) is 2.33. The zero-order valence-corrected chi connectivity index (χ0v) is 13.6. The SMILES string of the molecule is Cc1cc(C)c(C)c(S(=O)(=O)N[C@H](C(=O)O)[C@H](C)O)c1C. The fraction of sp³-hybridized carbons (Fsp3) is 0.500. The minimum absolute atomic E-state index is 0.0758. The van der Waals surface area contributed by atoms with E-state index in [0.29, 0.717) is 11.1 Å². The van der Waals surface area contributed by atoms with Crippen molar-refractivity contribution in [2.24, 2.45) is 0 Å². The van der Waals surface area contributed by atoms with Crippen LogP contribution < -0.4 is 4.72 Å². The molecule has 21 heavy (non-hydrogen) atoms. The van der Waals surface area contributed by atoms with E-state index in [1.807, 2.05) is 6.07 Å². The van der Waals surface area contributed by atoms with Gasteiger partial charge in [0.25, 0.3) is 0 Å². The second-order valence-corrected chi connectivity index (χ2v) is 6.92. The second kappa shape index (κ2) is 6.13. The van der Waals surface area contributed by atoms with Crippen LogP contribution in [0.2, 0.25) is 0 Å². The fourth-order valence-corrected chi connectivity index (χ4v) is 4.04. The lowest BCUT2D eigenvalue weighted by Crippen LogP contribution is -2.47. The topological polar surface area (TPSA) is 104 Å². The highest BCUT2D eigenvalue weighted by molar-refractivity contribution is 7.89. The highest BCUT2D eigenvalue weighted by Crippen LogP contribution is 2.26. The Bertz CT molecular complexity index is 638. The Balaban J connectivity index is 3.42. The van der Waals surface area contributed by atoms with Crippen molar-refractivity contribution >= 4 is 16.0 Å². The lowest BCUT2D eigenvalue weighted by molar-refractivity contribution is -0.141. The van der Waals surface area contributed by atoms with Gasteiger partial charge in [0.2, 0.25) is 10.0 Å². The molecule has 6 nitrogen and oxygen atoms in total. The van der Waals surface area contributed by atoms with E-state index in [-0.39, 0.29) is 4.90 Å². The maximum absolute atomic E-state index is 12.5. The van der Waals surface area contributed by atoms with Crippen molar-refractivity contribution in [2.45, 2.75) is 51.7 Å². The molecule has 1 aromatic carbocycles. The van der Waals surface area contributed by atoms with Gasteiger partial charge in [-0.15, -0.1) is 0 Å². The maximum atomic E-state index is 12.5. The number of sulfonamides is 1. The predicted molar refractivity (Wildman–Crippen MR) is 78.8 cm³/mol. The molecule has 3 N–H and O–H groups in total. The van der Waals surface area contributed by atoms with Gasteiger partial charge in [0.05, 0.1) is 11.0 Å². The number of carboxylic acids is 1. The summed E-state index contributed by atoms with van der Waals surface area (Å²) < 4.78 is 27.1. The van der Waals surface area contributed by atoms with E-state index in [0.717, 1.165) is 11.1 Å². The third-order valence-electron chi connectivity index (χ3n) is 3.60. The molecule has 0 fully saturated rings. The van der Waals surface area contributed by atoms with Crippen LogP contribution in [0.4, 0.5) is 0 Å². The van der Waals surface area contributed by atoms with Crippen LogP contribution in [0.3, 0.4) is 0 Å². The van der Waals surface area contributed by atoms with Crippen LogP contribution in [0.15, 0.2) is 11.0 Å². The van der Waals surface area contributed by atoms with E-state index in [2.05, 4.69) is 4.72 Å². The van der Waals surface area contributed by atoms with Crippen LogP contribution in [0.5, 0.6) is 0 Å². The summed E-state index contributed by atoms with van der Waals surface area (Å²) in [4.78, 5) is 11.1. The summed E-state index contributed by atoms with van der Waals surface area (Å²) in [5.41, 5.74) is 2.76. The molecule has 0 bridgehead atoms. The zero-order valence-electron chi connectivity index (χ0n) is 12.8. The quantitative estimate of drug-likeness (QED) is 0.753. The van der Waals surface area contributed by atoms with E-state index in [9.17, 15) is 18.3 Å². The highest BCUT2D eigenvalue weighted by Gasteiger charge is 2.31. The largest absolute Gasteiger partial charge is 0.480 e. The van der Waals surface area contributed by atoms with Crippen LogP contribution in [-0.2, 0) is 14.8 Å². The second-order valence-electron chi connectivity index (χ2n) is 5.27. The Morgan fingerprint density at radius 2 is 1.57 bits per heavy atom. The number of carbonyl (C=O) groups is 1. The molecule has 0 heterocycles. The molecule has 0 aliphatic rings. The molecule has 0 amide bonds. The van der Waals surface area contributed by atoms with Gasteiger partial charge in [-0.05, 0) is 56.9 Å².